The van der Waals surface area contributed by atoms with Crippen LogP contribution in [0.5, 0.6) is 0 Å². The molecular weight excluding hydrogens is 913 g/mol. The van der Waals surface area contributed by atoms with Gasteiger partial charge in [-0.15, -0.1) is 0 Å². The van der Waals surface area contributed by atoms with Crippen LogP contribution in [-0.2, 0) is 12.4 Å². The predicted molar refractivity (Wildman–Crippen MR) is 277 cm³/mol. The third kappa shape index (κ3) is 7.65. The highest BCUT2D eigenvalue weighted by Crippen LogP contribution is 2.46. The van der Waals surface area contributed by atoms with E-state index >= 15 is 0 Å². The van der Waals surface area contributed by atoms with E-state index in [1.165, 1.54) is 0 Å². The summed E-state index contributed by atoms with van der Waals surface area (Å²) in [5.74, 6) is 0. The van der Waals surface area contributed by atoms with E-state index in [9.17, 15) is 31.6 Å². The van der Waals surface area contributed by atoms with Gasteiger partial charge in [-0.2, -0.15) is 31.6 Å². The summed E-state index contributed by atoms with van der Waals surface area (Å²) in [6, 6.07) is 70.2. The molecule has 9 heteroatoms. The zero-order chi connectivity index (χ0) is 49.3. The van der Waals surface area contributed by atoms with Crippen molar-refractivity contribution < 1.29 is 26.3 Å². The molecule has 10 aromatic carbocycles. The Hall–Kier alpha value is -9.13. The van der Waals surface area contributed by atoms with E-state index in [-0.39, 0.29) is 34.1 Å². The Bertz CT molecular complexity index is 3880. The number of hydrogen-bond donors (Lipinski definition) is 0. The average molecular weight is 950 g/mol. The van der Waals surface area contributed by atoms with Crippen LogP contribution in [0.4, 0.5) is 26.3 Å². The summed E-state index contributed by atoms with van der Waals surface area (Å²) in [7, 11) is 0. The Balaban J connectivity index is 1.24. The standard InChI is InChI=1S/C63H37F6N3/c64-62(65,66)49-29-47(30-50(36-49)63(67,68)69)55-37-56(71-57-31-43(39-13-5-1-6-14-39)21-25-51(57)52-26-22-44(32-58(52)71)40-15-7-2-8-16-40)48(38-70)35-61(55)72-59-33-45(41-17-9-3-10-18-41)23-27-53(59)54-28-24-46(34-60(54)72)42-19-11-4-12-20-42/h1-37H. The van der Waals surface area contributed by atoms with Gasteiger partial charge in [0.15, 0.2) is 0 Å². The zero-order valence-corrected chi connectivity index (χ0v) is 38.0. The number of alkyl halides is 6. The molecule has 0 saturated heterocycles. The lowest BCUT2D eigenvalue weighted by molar-refractivity contribution is -0.143. The Morgan fingerprint density at radius 2 is 0.625 bits per heavy atom. The lowest BCUT2D eigenvalue weighted by Gasteiger charge is -2.21. The summed E-state index contributed by atoms with van der Waals surface area (Å²) in [5, 5.41) is 14.7. The minimum absolute atomic E-state index is 0.0445. The van der Waals surface area contributed by atoms with E-state index in [0.717, 1.165) is 78.2 Å². The van der Waals surface area contributed by atoms with Crippen molar-refractivity contribution in [2.75, 3.05) is 0 Å². The van der Waals surface area contributed by atoms with Gasteiger partial charge in [-0.05, 0) is 105 Å². The highest BCUT2D eigenvalue weighted by molar-refractivity contribution is 6.13. The fourth-order valence-electron chi connectivity index (χ4n) is 10.2. The van der Waals surface area contributed by atoms with Gasteiger partial charge in [-0.3, -0.25) is 0 Å². The third-order valence-corrected chi connectivity index (χ3v) is 13.6. The van der Waals surface area contributed by atoms with Crippen molar-refractivity contribution in [1.82, 2.24) is 9.13 Å². The quantitative estimate of drug-likeness (QED) is 0.147. The SMILES string of the molecule is N#Cc1cc(-n2c3cc(-c4ccccc4)ccc3c3ccc(-c4ccccc4)cc32)c(-c2cc(C(F)(F)F)cc(C(F)(F)F)c2)cc1-n1c2cc(-c3ccccc3)ccc2c2ccc(-c3ccccc3)cc21. The molecule has 346 valence electrons. The van der Waals surface area contributed by atoms with Crippen LogP contribution >= 0.6 is 0 Å². The Morgan fingerprint density at radius 1 is 0.306 bits per heavy atom. The molecule has 0 N–H and O–H groups in total. The van der Waals surface area contributed by atoms with Gasteiger partial charge < -0.3 is 9.13 Å². The molecule has 12 rings (SSSR count). The Kier molecular flexibility index (Phi) is 10.5. The van der Waals surface area contributed by atoms with Gasteiger partial charge in [0.1, 0.15) is 6.07 Å². The van der Waals surface area contributed by atoms with Crippen LogP contribution in [0.25, 0.3) is 111 Å². The van der Waals surface area contributed by atoms with Crippen molar-refractivity contribution in [3.63, 3.8) is 0 Å². The smallest absolute Gasteiger partial charge is 0.309 e. The summed E-state index contributed by atoms with van der Waals surface area (Å²) in [5.41, 5.74) is 7.12. The lowest BCUT2D eigenvalue weighted by atomic mass is 9.95. The molecule has 0 fully saturated rings. The molecule has 0 aliphatic carbocycles. The van der Waals surface area contributed by atoms with Crippen LogP contribution < -0.4 is 0 Å². The predicted octanol–water partition coefficient (Wildman–Crippen LogP) is 18.1. The van der Waals surface area contributed by atoms with E-state index in [1.54, 1.807) is 12.1 Å². The van der Waals surface area contributed by atoms with E-state index in [1.807, 2.05) is 203 Å². The van der Waals surface area contributed by atoms with E-state index in [0.29, 0.717) is 22.1 Å². The highest BCUT2D eigenvalue weighted by atomic mass is 19.4. The zero-order valence-electron chi connectivity index (χ0n) is 38.0. The number of halogens is 6. The van der Waals surface area contributed by atoms with Crippen molar-refractivity contribution in [2.24, 2.45) is 0 Å². The summed E-state index contributed by atoms with van der Waals surface area (Å²) in [4.78, 5) is 0. The number of rotatable bonds is 7. The van der Waals surface area contributed by atoms with Gasteiger partial charge >= 0.3 is 12.4 Å². The van der Waals surface area contributed by atoms with Gasteiger partial charge in [-0.1, -0.05) is 170 Å². The molecule has 0 aliphatic heterocycles. The number of nitrogens with zero attached hydrogens (tertiary/aromatic N) is 3. The van der Waals surface area contributed by atoms with Crippen LogP contribution in [0.2, 0.25) is 0 Å². The Morgan fingerprint density at radius 3 is 0.931 bits per heavy atom. The van der Waals surface area contributed by atoms with Crippen LogP contribution in [0.15, 0.2) is 224 Å². The van der Waals surface area contributed by atoms with Crippen molar-refractivity contribution >= 4 is 43.6 Å². The minimum atomic E-state index is -5.14. The third-order valence-electron chi connectivity index (χ3n) is 13.6. The van der Waals surface area contributed by atoms with E-state index < -0.39 is 23.5 Å². The van der Waals surface area contributed by atoms with Crippen molar-refractivity contribution in [1.29, 1.82) is 5.26 Å². The molecule has 0 bridgehead atoms. The summed E-state index contributed by atoms with van der Waals surface area (Å²) < 4.78 is 93.6. The van der Waals surface area contributed by atoms with Gasteiger partial charge in [0.25, 0.3) is 0 Å². The molecular formula is C63H37F6N3. The number of benzene rings is 10. The second-order valence-corrected chi connectivity index (χ2v) is 17.9. The molecule has 0 saturated carbocycles. The number of aromatic nitrogens is 2. The summed E-state index contributed by atoms with van der Waals surface area (Å²) in [6.07, 6.45) is -10.3. The van der Waals surface area contributed by atoms with Crippen molar-refractivity contribution in [3.05, 3.63) is 241 Å². The maximum absolute atomic E-state index is 15.0. The van der Waals surface area contributed by atoms with Crippen molar-refractivity contribution in [3.8, 4) is 73.1 Å². The largest absolute Gasteiger partial charge is 0.416 e. The monoisotopic (exact) mass is 949 g/mol. The van der Waals surface area contributed by atoms with E-state index in [4.69, 9.17) is 0 Å². The van der Waals surface area contributed by atoms with Crippen LogP contribution in [0, 0.1) is 11.3 Å². The number of hydrogen-bond acceptors (Lipinski definition) is 1. The second-order valence-electron chi connectivity index (χ2n) is 17.9. The molecule has 0 unspecified atom stereocenters. The fraction of sp³-hybridized carbons (Fsp3) is 0.0317. The molecule has 2 aromatic heterocycles. The molecule has 0 radical (unpaired) electrons. The molecule has 2 heterocycles. The minimum Gasteiger partial charge on any atom is -0.309 e. The van der Waals surface area contributed by atoms with Crippen LogP contribution in [-0.4, -0.2) is 9.13 Å². The fourth-order valence-corrected chi connectivity index (χ4v) is 10.2. The maximum Gasteiger partial charge on any atom is 0.416 e. The molecule has 0 atom stereocenters. The van der Waals surface area contributed by atoms with Crippen LogP contribution in [0.3, 0.4) is 0 Å². The molecule has 0 aliphatic rings. The van der Waals surface area contributed by atoms with Gasteiger partial charge in [0.05, 0.1) is 50.1 Å². The highest BCUT2D eigenvalue weighted by Gasteiger charge is 2.37. The molecule has 0 amide bonds. The van der Waals surface area contributed by atoms with Gasteiger partial charge in [-0.25, -0.2) is 0 Å². The van der Waals surface area contributed by atoms with Gasteiger partial charge in [0, 0.05) is 27.1 Å². The van der Waals surface area contributed by atoms with Crippen molar-refractivity contribution in [2.45, 2.75) is 12.4 Å². The normalized spacial score (nSPS) is 12.0. The average Bonchev–Trinajstić information content (AvgIpc) is 3.91. The Labute approximate surface area is 409 Å². The molecule has 0 spiro atoms. The number of nitriles is 1. The van der Waals surface area contributed by atoms with Crippen LogP contribution in [0.1, 0.15) is 16.7 Å². The van der Waals surface area contributed by atoms with Gasteiger partial charge in [0.2, 0.25) is 0 Å². The maximum atomic E-state index is 15.0. The first kappa shape index (κ1) is 44.1. The first-order valence-corrected chi connectivity index (χ1v) is 23.2. The second kappa shape index (κ2) is 17.1. The van der Waals surface area contributed by atoms with E-state index in [2.05, 4.69) is 6.07 Å². The number of fused-ring (bicyclic) bond motifs is 6. The molecule has 3 nitrogen and oxygen atoms in total. The molecule has 12 aromatic rings. The summed E-state index contributed by atoms with van der Waals surface area (Å²) >= 11 is 0. The molecule has 72 heavy (non-hydrogen) atoms. The first-order chi connectivity index (χ1) is 34.9. The first-order valence-electron chi connectivity index (χ1n) is 23.2. The summed E-state index contributed by atoms with van der Waals surface area (Å²) in [6.45, 7) is 0. The topological polar surface area (TPSA) is 33.6 Å². The lowest BCUT2D eigenvalue weighted by Crippen LogP contribution is -2.11.